The Bertz CT molecular complexity index is 1120. The maximum Gasteiger partial charge on any atom is 0.259 e. The third-order valence-corrected chi connectivity index (χ3v) is 7.56. The van der Waals surface area contributed by atoms with Crippen molar-refractivity contribution in [1.82, 2.24) is 9.97 Å². The van der Waals surface area contributed by atoms with Crippen molar-refractivity contribution in [2.75, 3.05) is 23.3 Å². The van der Waals surface area contributed by atoms with E-state index in [1.807, 2.05) is 6.92 Å². The third kappa shape index (κ3) is 4.01. The fraction of sp³-hybridized carbons (Fsp3) is 0.450. The SMILES string of the molecule is Cc1nc(N2CCC3(CC2)CC3)c(C(=O)Nc2cncc(S(N)(=O)=O)c2)c(C)c1Cl. The van der Waals surface area contributed by atoms with Crippen molar-refractivity contribution in [2.24, 2.45) is 10.6 Å². The molecule has 1 aliphatic carbocycles. The number of hydrogen-bond acceptors (Lipinski definition) is 6. The number of pyridine rings is 2. The summed E-state index contributed by atoms with van der Waals surface area (Å²) in [4.78, 5) is 23.7. The van der Waals surface area contributed by atoms with E-state index < -0.39 is 15.9 Å². The number of anilines is 2. The molecule has 1 saturated carbocycles. The molecular weight excluding hydrogens is 426 g/mol. The lowest BCUT2D eigenvalue weighted by Crippen LogP contribution is -2.36. The Morgan fingerprint density at radius 2 is 1.87 bits per heavy atom. The Hall–Kier alpha value is -2.23. The molecule has 2 aliphatic rings. The lowest BCUT2D eigenvalue weighted by molar-refractivity contribution is 0.102. The number of aromatic nitrogens is 2. The zero-order chi connectivity index (χ0) is 21.7. The second-order valence-corrected chi connectivity index (χ2v) is 10.2. The predicted molar refractivity (Wildman–Crippen MR) is 115 cm³/mol. The molecule has 160 valence electrons. The number of amides is 1. The number of nitrogens with two attached hydrogens (primary N) is 1. The number of primary sulfonamides is 1. The van der Waals surface area contributed by atoms with Gasteiger partial charge < -0.3 is 10.2 Å². The van der Waals surface area contributed by atoms with E-state index in [1.165, 1.54) is 25.1 Å². The van der Waals surface area contributed by atoms with E-state index in [4.69, 9.17) is 16.7 Å². The molecule has 1 saturated heterocycles. The number of halogens is 1. The lowest BCUT2D eigenvalue weighted by Gasteiger charge is -2.34. The summed E-state index contributed by atoms with van der Waals surface area (Å²) < 4.78 is 23.2. The standard InChI is InChI=1S/C20H24ClN5O3S/c1-12-16(19(27)25-14-9-15(11-23-10-14)30(22,28)29)18(24-13(2)17(12)21)26-7-5-20(3-4-20)6-8-26/h9-11H,3-8H2,1-2H3,(H,25,27)(H2,22,28,29). The van der Waals surface area contributed by atoms with E-state index in [0.717, 1.165) is 32.1 Å². The third-order valence-electron chi connectivity index (χ3n) is 6.13. The lowest BCUT2D eigenvalue weighted by atomic mass is 9.93. The van der Waals surface area contributed by atoms with Crippen molar-refractivity contribution in [1.29, 1.82) is 0 Å². The zero-order valence-corrected chi connectivity index (χ0v) is 18.5. The van der Waals surface area contributed by atoms with Crippen LogP contribution in [0.15, 0.2) is 23.4 Å². The number of nitrogens with one attached hydrogen (secondary N) is 1. The molecule has 0 bridgehead atoms. The maximum absolute atomic E-state index is 13.2. The van der Waals surface area contributed by atoms with Gasteiger partial charge in [-0.05, 0) is 56.6 Å². The number of nitrogens with zero attached hydrogens (tertiary/aromatic N) is 3. The van der Waals surface area contributed by atoms with Crippen LogP contribution in [0.1, 0.15) is 47.3 Å². The highest BCUT2D eigenvalue weighted by Crippen LogP contribution is 2.54. The Kier molecular flexibility index (Phi) is 5.24. The Morgan fingerprint density at radius 1 is 1.20 bits per heavy atom. The van der Waals surface area contributed by atoms with E-state index in [0.29, 0.717) is 33.1 Å². The molecule has 0 aromatic carbocycles. The molecule has 8 nitrogen and oxygen atoms in total. The van der Waals surface area contributed by atoms with Crippen LogP contribution in [0, 0.1) is 19.3 Å². The van der Waals surface area contributed by atoms with Gasteiger partial charge in [0.05, 0.1) is 28.2 Å². The van der Waals surface area contributed by atoms with Gasteiger partial charge in [-0.2, -0.15) is 0 Å². The van der Waals surface area contributed by atoms with E-state index in [2.05, 4.69) is 20.2 Å². The first kappa shape index (κ1) is 21.0. The average Bonchev–Trinajstić information content (AvgIpc) is 3.45. The molecule has 1 aliphatic heterocycles. The summed E-state index contributed by atoms with van der Waals surface area (Å²) in [5, 5.41) is 8.32. The van der Waals surface area contributed by atoms with Gasteiger partial charge in [-0.3, -0.25) is 9.78 Å². The second kappa shape index (κ2) is 7.47. The molecule has 2 aromatic heterocycles. The van der Waals surface area contributed by atoms with Crippen molar-refractivity contribution < 1.29 is 13.2 Å². The minimum atomic E-state index is -3.93. The quantitative estimate of drug-likeness (QED) is 0.740. The van der Waals surface area contributed by atoms with Crippen LogP contribution in [-0.2, 0) is 10.0 Å². The van der Waals surface area contributed by atoms with Crippen LogP contribution in [0.25, 0.3) is 0 Å². The molecular formula is C20H24ClN5O3S. The minimum absolute atomic E-state index is 0.178. The van der Waals surface area contributed by atoms with Gasteiger partial charge in [0.2, 0.25) is 10.0 Å². The van der Waals surface area contributed by atoms with Crippen LogP contribution >= 0.6 is 11.6 Å². The summed E-state index contributed by atoms with van der Waals surface area (Å²) >= 11 is 6.41. The summed E-state index contributed by atoms with van der Waals surface area (Å²) in [5.41, 5.74) is 2.42. The topological polar surface area (TPSA) is 118 Å². The van der Waals surface area contributed by atoms with Crippen molar-refractivity contribution in [3.05, 3.63) is 40.3 Å². The van der Waals surface area contributed by atoms with E-state index in [-0.39, 0.29) is 10.6 Å². The van der Waals surface area contributed by atoms with E-state index >= 15 is 0 Å². The number of hydrogen-bond donors (Lipinski definition) is 2. The van der Waals surface area contributed by atoms with E-state index in [1.54, 1.807) is 6.92 Å². The number of piperidine rings is 1. The molecule has 2 aromatic rings. The Morgan fingerprint density at radius 3 is 2.47 bits per heavy atom. The number of aryl methyl sites for hydroxylation is 1. The van der Waals surface area contributed by atoms with Crippen molar-refractivity contribution in [3.8, 4) is 0 Å². The van der Waals surface area contributed by atoms with Gasteiger partial charge in [0.25, 0.3) is 5.91 Å². The number of rotatable bonds is 4. The van der Waals surface area contributed by atoms with Crippen molar-refractivity contribution >= 4 is 39.0 Å². The van der Waals surface area contributed by atoms with E-state index in [9.17, 15) is 13.2 Å². The summed E-state index contributed by atoms with van der Waals surface area (Å²) in [6.07, 6.45) is 7.25. The summed E-state index contributed by atoms with van der Waals surface area (Å²) in [6, 6.07) is 1.27. The largest absolute Gasteiger partial charge is 0.356 e. The van der Waals surface area contributed by atoms with Gasteiger partial charge in [0.15, 0.2) is 0 Å². The zero-order valence-electron chi connectivity index (χ0n) is 16.9. The summed E-state index contributed by atoms with van der Waals surface area (Å²) in [7, 11) is -3.93. The van der Waals surface area contributed by atoms with Gasteiger partial charge in [-0.1, -0.05) is 11.6 Å². The molecule has 2 fully saturated rings. The van der Waals surface area contributed by atoms with Crippen LogP contribution in [0.3, 0.4) is 0 Å². The normalized spacial score (nSPS) is 17.8. The van der Waals surface area contributed by atoms with Gasteiger partial charge in [0, 0.05) is 19.3 Å². The van der Waals surface area contributed by atoms with Gasteiger partial charge in [-0.15, -0.1) is 0 Å². The van der Waals surface area contributed by atoms with Crippen LogP contribution in [-0.4, -0.2) is 37.4 Å². The van der Waals surface area contributed by atoms with Crippen molar-refractivity contribution in [2.45, 2.75) is 44.4 Å². The number of sulfonamides is 1. The Balaban J connectivity index is 1.67. The van der Waals surface area contributed by atoms with Gasteiger partial charge in [-0.25, -0.2) is 18.5 Å². The predicted octanol–water partition coefficient (Wildman–Crippen LogP) is 3.03. The molecule has 1 amide bonds. The molecule has 4 rings (SSSR count). The second-order valence-electron chi connectivity index (χ2n) is 8.23. The molecule has 3 N–H and O–H groups in total. The molecule has 0 unspecified atom stereocenters. The fourth-order valence-corrected chi connectivity index (χ4v) is 4.66. The first-order valence-corrected chi connectivity index (χ1v) is 11.7. The van der Waals surface area contributed by atoms with Gasteiger partial charge in [0.1, 0.15) is 10.7 Å². The maximum atomic E-state index is 13.2. The minimum Gasteiger partial charge on any atom is -0.356 e. The first-order valence-electron chi connectivity index (χ1n) is 9.80. The molecule has 3 heterocycles. The highest BCUT2D eigenvalue weighted by molar-refractivity contribution is 7.89. The first-order chi connectivity index (χ1) is 14.1. The number of carbonyl (C=O) groups is 1. The van der Waals surface area contributed by atoms with Gasteiger partial charge >= 0.3 is 0 Å². The van der Waals surface area contributed by atoms with Crippen molar-refractivity contribution in [3.63, 3.8) is 0 Å². The highest BCUT2D eigenvalue weighted by Gasteiger charge is 2.45. The molecule has 0 radical (unpaired) electrons. The van der Waals surface area contributed by atoms with Crippen LogP contribution < -0.4 is 15.4 Å². The fourth-order valence-electron chi connectivity index (χ4n) is 4.02. The number of carbonyl (C=O) groups excluding carboxylic acids is 1. The smallest absolute Gasteiger partial charge is 0.259 e. The molecule has 0 atom stereocenters. The van der Waals surface area contributed by atoms with Crippen LogP contribution in [0.2, 0.25) is 5.02 Å². The van der Waals surface area contributed by atoms with Crippen LogP contribution in [0.5, 0.6) is 0 Å². The Labute approximate surface area is 180 Å². The summed E-state index contributed by atoms with van der Waals surface area (Å²) in [6.45, 7) is 5.31. The highest BCUT2D eigenvalue weighted by atomic mass is 35.5. The molecule has 1 spiro atoms. The average molecular weight is 450 g/mol. The van der Waals surface area contributed by atoms with Crippen LogP contribution in [0.4, 0.5) is 11.5 Å². The summed E-state index contributed by atoms with van der Waals surface area (Å²) in [5.74, 6) is 0.190. The monoisotopic (exact) mass is 449 g/mol. The molecule has 30 heavy (non-hydrogen) atoms. The molecule has 10 heteroatoms.